The highest BCUT2D eigenvalue weighted by atomic mass is 19.1. The highest BCUT2D eigenvalue weighted by Crippen LogP contribution is 2.18. The molecule has 11 heavy (non-hydrogen) atoms. The molecule has 1 rings (SSSR count). The molecule has 0 spiro atoms. The summed E-state index contributed by atoms with van der Waals surface area (Å²) in [6.45, 7) is -0.180. The van der Waals surface area contributed by atoms with Gasteiger partial charge in [0.25, 0.3) is 0 Å². The van der Waals surface area contributed by atoms with Gasteiger partial charge in [0.2, 0.25) is 0 Å². The highest BCUT2D eigenvalue weighted by Gasteiger charge is 2.10. The van der Waals surface area contributed by atoms with Crippen molar-refractivity contribution in [2.24, 2.45) is 5.73 Å². The number of hydrogen-bond donors (Lipinski definition) is 1. The second kappa shape index (κ2) is 3.44. The number of hydrogen-bond acceptors (Lipinski definition) is 1. The van der Waals surface area contributed by atoms with Crippen LogP contribution in [-0.2, 0) is 0 Å². The maximum Gasteiger partial charge on any atom is 0.140 e. The van der Waals surface area contributed by atoms with E-state index in [4.69, 9.17) is 5.73 Å². The fourth-order valence-electron chi connectivity index (χ4n) is 0.856. The molecule has 0 aliphatic rings. The summed E-state index contributed by atoms with van der Waals surface area (Å²) >= 11 is 0. The molecule has 0 radical (unpaired) electrons. The van der Waals surface area contributed by atoms with E-state index >= 15 is 0 Å². The quantitative estimate of drug-likeness (QED) is 0.695. The van der Waals surface area contributed by atoms with Gasteiger partial charge in [0, 0.05) is 12.1 Å². The van der Waals surface area contributed by atoms with Gasteiger partial charge in [-0.2, -0.15) is 0 Å². The van der Waals surface area contributed by atoms with E-state index in [9.17, 15) is 8.78 Å². The van der Waals surface area contributed by atoms with Crippen molar-refractivity contribution in [3.05, 3.63) is 35.6 Å². The van der Waals surface area contributed by atoms with Gasteiger partial charge in [0.15, 0.2) is 0 Å². The first-order chi connectivity index (χ1) is 5.25. The van der Waals surface area contributed by atoms with E-state index in [2.05, 4.69) is 0 Å². The van der Waals surface area contributed by atoms with Crippen molar-refractivity contribution in [3.63, 3.8) is 0 Å². The lowest BCUT2D eigenvalue weighted by atomic mass is 10.1. The molecule has 3 heteroatoms. The maximum absolute atomic E-state index is 12.8. The third kappa shape index (κ3) is 1.74. The molecule has 1 aromatic rings. The molecular formula is C8H9F2N. The summed E-state index contributed by atoms with van der Waals surface area (Å²) in [4.78, 5) is 0. The average Bonchev–Trinajstić information content (AvgIpc) is 2.04. The third-order valence-electron chi connectivity index (χ3n) is 1.45. The van der Waals surface area contributed by atoms with Crippen LogP contribution < -0.4 is 5.73 Å². The molecule has 1 aromatic carbocycles. The molecule has 0 aliphatic carbocycles. The third-order valence-corrected chi connectivity index (χ3v) is 1.45. The molecule has 0 saturated heterocycles. The van der Waals surface area contributed by atoms with Crippen molar-refractivity contribution >= 4 is 0 Å². The van der Waals surface area contributed by atoms with Gasteiger partial charge in [0.1, 0.15) is 12.0 Å². The summed E-state index contributed by atoms with van der Waals surface area (Å²) in [5, 5.41) is 0. The number of nitrogens with two attached hydrogens (primary N) is 1. The van der Waals surface area contributed by atoms with Crippen molar-refractivity contribution in [1.29, 1.82) is 0 Å². The fourth-order valence-corrected chi connectivity index (χ4v) is 0.856. The highest BCUT2D eigenvalue weighted by molar-refractivity contribution is 5.19. The number of halogens is 2. The van der Waals surface area contributed by atoms with Crippen LogP contribution in [-0.4, -0.2) is 6.54 Å². The van der Waals surface area contributed by atoms with Gasteiger partial charge in [-0.1, -0.05) is 18.2 Å². The van der Waals surface area contributed by atoms with E-state index in [1.165, 1.54) is 18.2 Å². The Morgan fingerprint density at radius 1 is 1.36 bits per heavy atom. The zero-order chi connectivity index (χ0) is 8.27. The van der Waals surface area contributed by atoms with Crippen LogP contribution >= 0.6 is 0 Å². The SMILES string of the molecule is NCC(F)c1ccccc1F. The Labute approximate surface area is 63.8 Å². The molecule has 1 atom stereocenters. The molecule has 0 fully saturated rings. The van der Waals surface area contributed by atoms with Crippen molar-refractivity contribution < 1.29 is 8.78 Å². The Morgan fingerprint density at radius 2 is 2.00 bits per heavy atom. The largest absolute Gasteiger partial charge is 0.327 e. The van der Waals surface area contributed by atoms with Crippen LogP contribution in [0.1, 0.15) is 11.7 Å². The minimum Gasteiger partial charge on any atom is -0.327 e. The molecule has 1 nitrogen and oxygen atoms in total. The minimum atomic E-state index is -1.39. The Bertz CT molecular complexity index is 237. The molecule has 0 bridgehead atoms. The van der Waals surface area contributed by atoms with Crippen LogP contribution in [0.3, 0.4) is 0 Å². The van der Waals surface area contributed by atoms with Gasteiger partial charge in [-0.15, -0.1) is 0 Å². The molecule has 2 N–H and O–H groups in total. The van der Waals surface area contributed by atoms with Gasteiger partial charge >= 0.3 is 0 Å². The Morgan fingerprint density at radius 3 is 2.55 bits per heavy atom. The van der Waals surface area contributed by atoms with Crippen molar-refractivity contribution in [2.75, 3.05) is 6.54 Å². The van der Waals surface area contributed by atoms with E-state index in [-0.39, 0.29) is 12.1 Å². The Balaban J connectivity index is 2.93. The minimum absolute atomic E-state index is 0.0370. The van der Waals surface area contributed by atoms with Crippen LogP contribution in [0.5, 0.6) is 0 Å². The van der Waals surface area contributed by atoms with Crippen LogP contribution in [0.4, 0.5) is 8.78 Å². The van der Waals surface area contributed by atoms with Crippen LogP contribution in [0, 0.1) is 5.82 Å². The Kier molecular flexibility index (Phi) is 2.54. The standard InChI is InChI=1S/C8H9F2N/c9-7-4-2-1-3-6(7)8(10)5-11/h1-4,8H,5,11H2. The van der Waals surface area contributed by atoms with Gasteiger partial charge in [-0.25, -0.2) is 8.78 Å². The Hall–Kier alpha value is -0.960. The molecule has 0 heterocycles. The summed E-state index contributed by atoms with van der Waals surface area (Å²) in [7, 11) is 0. The van der Waals surface area contributed by atoms with Gasteiger partial charge < -0.3 is 5.73 Å². The number of benzene rings is 1. The second-order valence-corrected chi connectivity index (χ2v) is 2.22. The first kappa shape index (κ1) is 8.14. The number of alkyl halides is 1. The fraction of sp³-hybridized carbons (Fsp3) is 0.250. The normalized spacial score (nSPS) is 13.0. The van der Waals surface area contributed by atoms with Gasteiger partial charge in [-0.3, -0.25) is 0 Å². The van der Waals surface area contributed by atoms with Crippen molar-refractivity contribution in [1.82, 2.24) is 0 Å². The maximum atomic E-state index is 12.8. The van der Waals surface area contributed by atoms with Crippen molar-refractivity contribution in [2.45, 2.75) is 6.17 Å². The lowest BCUT2D eigenvalue weighted by Gasteiger charge is -2.05. The van der Waals surface area contributed by atoms with E-state index in [0.29, 0.717) is 0 Å². The van der Waals surface area contributed by atoms with Crippen LogP contribution in [0.25, 0.3) is 0 Å². The van der Waals surface area contributed by atoms with Crippen LogP contribution in [0.15, 0.2) is 24.3 Å². The first-order valence-corrected chi connectivity index (χ1v) is 3.34. The molecule has 1 unspecified atom stereocenters. The monoisotopic (exact) mass is 157 g/mol. The summed E-state index contributed by atoms with van der Waals surface area (Å²) in [5.41, 5.74) is 5.07. The summed E-state index contributed by atoms with van der Waals surface area (Å²) in [6.07, 6.45) is -1.39. The topological polar surface area (TPSA) is 26.0 Å². The second-order valence-electron chi connectivity index (χ2n) is 2.22. The molecule has 0 aliphatic heterocycles. The predicted molar refractivity (Wildman–Crippen MR) is 39.3 cm³/mol. The summed E-state index contributed by atoms with van der Waals surface area (Å²) in [5.74, 6) is -0.537. The first-order valence-electron chi connectivity index (χ1n) is 3.34. The smallest absolute Gasteiger partial charge is 0.140 e. The van der Waals surface area contributed by atoms with Gasteiger partial charge in [-0.05, 0) is 6.07 Å². The summed E-state index contributed by atoms with van der Waals surface area (Å²) in [6, 6.07) is 5.72. The number of rotatable bonds is 2. The lowest BCUT2D eigenvalue weighted by Crippen LogP contribution is -2.08. The molecule has 60 valence electrons. The molecule has 0 amide bonds. The van der Waals surface area contributed by atoms with E-state index in [1.54, 1.807) is 6.07 Å². The summed E-state index contributed by atoms with van der Waals surface area (Å²) < 4.78 is 25.5. The van der Waals surface area contributed by atoms with E-state index in [1.807, 2.05) is 0 Å². The zero-order valence-corrected chi connectivity index (χ0v) is 5.93. The van der Waals surface area contributed by atoms with Crippen LogP contribution in [0.2, 0.25) is 0 Å². The van der Waals surface area contributed by atoms with Crippen molar-refractivity contribution in [3.8, 4) is 0 Å². The zero-order valence-electron chi connectivity index (χ0n) is 5.93. The van der Waals surface area contributed by atoms with E-state index < -0.39 is 12.0 Å². The predicted octanol–water partition coefficient (Wildman–Crippen LogP) is 1.79. The van der Waals surface area contributed by atoms with Gasteiger partial charge in [0.05, 0.1) is 0 Å². The van der Waals surface area contributed by atoms with E-state index in [0.717, 1.165) is 0 Å². The molecule has 0 aromatic heterocycles. The molecule has 0 saturated carbocycles. The lowest BCUT2D eigenvalue weighted by molar-refractivity contribution is 0.341. The molecular weight excluding hydrogens is 148 g/mol. The average molecular weight is 157 g/mol.